The third kappa shape index (κ3) is 2.02. The zero-order valence-electron chi connectivity index (χ0n) is 6.47. The quantitative estimate of drug-likeness (QED) is 0.850. The highest BCUT2D eigenvalue weighted by molar-refractivity contribution is 14.1. The van der Waals surface area contributed by atoms with Gasteiger partial charge in [-0.25, -0.2) is 0 Å². The summed E-state index contributed by atoms with van der Waals surface area (Å²) in [5.41, 5.74) is 0.695. The molecule has 0 saturated carbocycles. The summed E-state index contributed by atoms with van der Waals surface area (Å²) in [6.45, 7) is -0.0635. The number of aliphatic hydroxyl groups excluding tert-OH is 1. The van der Waals surface area contributed by atoms with Crippen LogP contribution in [0.25, 0.3) is 0 Å². The number of aliphatic hydroxyl groups is 1. The summed E-state index contributed by atoms with van der Waals surface area (Å²) in [4.78, 5) is 0. The van der Waals surface area contributed by atoms with Crippen LogP contribution >= 0.6 is 34.2 Å². The Bertz CT molecular complexity index is 263. The van der Waals surface area contributed by atoms with Crippen molar-refractivity contribution in [2.24, 2.45) is 0 Å². The molecule has 2 nitrogen and oxygen atoms in total. The van der Waals surface area contributed by atoms with Crippen LogP contribution in [0.3, 0.4) is 0 Å². The molecule has 0 aliphatic carbocycles. The fourth-order valence-electron chi connectivity index (χ4n) is 0.882. The first kappa shape index (κ1) is 10.1. The van der Waals surface area contributed by atoms with Gasteiger partial charge in [-0.2, -0.15) is 0 Å². The maximum atomic E-state index is 8.92. The molecular formula is C8H8ClIO2. The Morgan fingerprint density at radius 3 is 2.75 bits per heavy atom. The van der Waals surface area contributed by atoms with E-state index in [1.165, 1.54) is 0 Å². The molecule has 0 aliphatic heterocycles. The van der Waals surface area contributed by atoms with Crippen LogP contribution in [0.15, 0.2) is 12.1 Å². The number of benzene rings is 1. The van der Waals surface area contributed by atoms with E-state index in [9.17, 15) is 0 Å². The molecule has 0 atom stereocenters. The Balaban J connectivity index is 3.22. The first-order valence-corrected chi connectivity index (χ1v) is 4.77. The van der Waals surface area contributed by atoms with Gasteiger partial charge in [-0.3, -0.25) is 0 Å². The molecule has 66 valence electrons. The molecule has 1 N–H and O–H groups in total. The molecule has 0 aliphatic rings. The molecule has 0 aromatic heterocycles. The average Bonchev–Trinajstić information content (AvgIpc) is 2.08. The molecule has 0 saturated heterocycles. The van der Waals surface area contributed by atoms with E-state index in [1.54, 1.807) is 7.11 Å². The molecule has 0 amide bonds. The maximum absolute atomic E-state index is 8.92. The molecule has 0 fully saturated rings. The van der Waals surface area contributed by atoms with E-state index in [-0.39, 0.29) is 6.61 Å². The lowest BCUT2D eigenvalue weighted by molar-refractivity contribution is 0.281. The second-order valence-corrected chi connectivity index (χ2v) is 3.86. The molecule has 0 unspecified atom stereocenters. The van der Waals surface area contributed by atoms with Gasteiger partial charge >= 0.3 is 0 Å². The van der Waals surface area contributed by atoms with E-state index in [1.807, 2.05) is 12.1 Å². The highest BCUT2D eigenvalue weighted by atomic mass is 127. The SMILES string of the molecule is COc1cc(I)cc(CO)c1Cl. The lowest BCUT2D eigenvalue weighted by Crippen LogP contribution is -1.91. The Morgan fingerprint density at radius 1 is 1.58 bits per heavy atom. The van der Waals surface area contributed by atoms with Crippen molar-refractivity contribution in [3.8, 4) is 5.75 Å². The van der Waals surface area contributed by atoms with E-state index in [2.05, 4.69) is 22.6 Å². The second kappa shape index (κ2) is 4.30. The minimum absolute atomic E-state index is 0.0635. The zero-order chi connectivity index (χ0) is 9.14. The lowest BCUT2D eigenvalue weighted by Gasteiger charge is -2.07. The van der Waals surface area contributed by atoms with Crippen molar-refractivity contribution in [2.45, 2.75) is 6.61 Å². The van der Waals surface area contributed by atoms with Gasteiger partial charge in [0.1, 0.15) is 5.75 Å². The first-order chi connectivity index (χ1) is 5.69. The molecule has 1 rings (SSSR count). The van der Waals surface area contributed by atoms with Gasteiger partial charge in [0.15, 0.2) is 0 Å². The van der Waals surface area contributed by atoms with Gasteiger partial charge in [0, 0.05) is 9.13 Å². The number of ether oxygens (including phenoxy) is 1. The summed E-state index contributed by atoms with van der Waals surface area (Å²) in [6, 6.07) is 3.65. The Kier molecular flexibility index (Phi) is 3.61. The lowest BCUT2D eigenvalue weighted by atomic mass is 10.2. The van der Waals surface area contributed by atoms with Crippen LogP contribution in [-0.4, -0.2) is 12.2 Å². The maximum Gasteiger partial charge on any atom is 0.138 e. The summed E-state index contributed by atoms with van der Waals surface area (Å²) in [5.74, 6) is 0.604. The number of rotatable bonds is 2. The van der Waals surface area contributed by atoms with Gasteiger partial charge in [0.25, 0.3) is 0 Å². The fourth-order valence-corrected chi connectivity index (χ4v) is 1.79. The monoisotopic (exact) mass is 298 g/mol. The smallest absolute Gasteiger partial charge is 0.138 e. The van der Waals surface area contributed by atoms with Gasteiger partial charge < -0.3 is 9.84 Å². The van der Waals surface area contributed by atoms with Gasteiger partial charge in [-0.15, -0.1) is 0 Å². The minimum Gasteiger partial charge on any atom is -0.495 e. The Hall–Kier alpha value is -0.000000000000000167. The molecule has 4 heteroatoms. The highest BCUT2D eigenvalue weighted by Crippen LogP contribution is 2.30. The van der Waals surface area contributed by atoms with Gasteiger partial charge in [0.05, 0.1) is 18.7 Å². The first-order valence-electron chi connectivity index (χ1n) is 3.31. The number of halogens is 2. The second-order valence-electron chi connectivity index (χ2n) is 2.24. The summed E-state index contributed by atoms with van der Waals surface area (Å²) < 4.78 is 6.02. The van der Waals surface area contributed by atoms with Crippen molar-refractivity contribution >= 4 is 34.2 Å². The van der Waals surface area contributed by atoms with Crippen LogP contribution in [0.4, 0.5) is 0 Å². The van der Waals surface area contributed by atoms with Gasteiger partial charge in [0.2, 0.25) is 0 Å². The van der Waals surface area contributed by atoms with Crippen LogP contribution in [0.1, 0.15) is 5.56 Å². The van der Waals surface area contributed by atoms with Gasteiger partial charge in [-0.05, 0) is 34.7 Å². The molecule has 1 aromatic rings. The molecule has 1 aromatic carbocycles. The van der Waals surface area contributed by atoms with Crippen LogP contribution in [0, 0.1) is 3.57 Å². The Labute approximate surface area is 89.6 Å². The average molecular weight is 299 g/mol. The topological polar surface area (TPSA) is 29.5 Å². The molecule has 0 spiro atoms. The third-order valence-electron chi connectivity index (χ3n) is 1.47. The van der Waals surface area contributed by atoms with Crippen molar-refractivity contribution < 1.29 is 9.84 Å². The van der Waals surface area contributed by atoms with E-state index in [0.717, 1.165) is 3.57 Å². The molecule has 12 heavy (non-hydrogen) atoms. The summed E-state index contributed by atoms with van der Waals surface area (Å²) >= 11 is 8.04. The Morgan fingerprint density at radius 2 is 2.25 bits per heavy atom. The van der Waals surface area contributed by atoms with Crippen LogP contribution in [0.5, 0.6) is 5.75 Å². The minimum atomic E-state index is -0.0635. The third-order valence-corrected chi connectivity index (χ3v) is 2.52. The zero-order valence-corrected chi connectivity index (χ0v) is 9.39. The molecule has 0 bridgehead atoms. The van der Waals surface area contributed by atoms with Crippen molar-refractivity contribution in [1.82, 2.24) is 0 Å². The largest absolute Gasteiger partial charge is 0.495 e. The normalized spacial score (nSPS) is 10.0. The number of hydrogen-bond acceptors (Lipinski definition) is 2. The van der Waals surface area contributed by atoms with Gasteiger partial charge in [-0.1, -0.05) is 11.6 Å². The van der Waals surface area contributed by atoms with Crippen LogP contribution in [0.2, 0.25) is 5.02 Å². The van der Waals surface area contributed by atoms with Crippen molar-refractivity contribution in [2.75, 3.05) is 7.11 Å². The highest BCUT2D eigenvalue weighted by Gasteiger charge is 2.07. The fraction of sp³-hybridized carbons (Fsp3) is 0.250. The van der Waals surface area contributed by atoms with Crippen molar-refractivity contribution in [3.63, 3.8) is 0 Å². The summed E-state index contributed by atoms with van der Waals surface area (Å²) in [6.07, 6.45) is 0. The van der Waals surface area contributed by atoms with Crippen molar-refractivity contribution in [3.05, 3.63) is 26.3 Å². The predicted molar refractivity (Wildman–Crippen MR) is 56.6 cm³/mol. The summed E-state index contributed by atoms with van der Waals surface area (Å²) in [7, 11) is 1.55. The van der Waals surface area contributed by atoms with Crippen LogP contribution < -0.4 is 4.74 Å². The van der Waals surface area contributed by atoms with E-state index in [0.29, 0.717) is 16.3 Å². The standard InChI is InChI=1S/C8H8ClIO2/c1-12-7-3-6(10)2-5(4-11)8(7)9/h2-3,11H,4H2,1H3. The summed E-state index contributed by atoms with van der Waals surface area (Å²) in [5, 5.41) is 9.41. The van der Waals surface area contributed by atoms with Crippen LogP contribution in [-0.2, 0) is 6.61 Å². The molecular weight excluding hydrogens is 290 g/mol. The van der Waals surface area contributed by atoms with E-state index < -0.39 is 0 Å². The predicted octanol–water partition coefficient (Wildman–Crippen LogP) is 2.45. The molecule has 0 radical (unpaired) electrons. The number of methoxy groups -OCH3 is 1. The van der Waals surface area contributed by atoms with E-state index in [4.69, 9.17) is 21.4 Å². The number of hydrogen-bond donors (Lipinski definition) is 1. The van der Waals surface area contributed by atoms with Crippen molar-refractivity contribution in [1.29, 1.82) is 0 Å². The van der Waals surface area contributed by atoms with E-state index >= 15 is 0 Å². The molecule has 0 heterocycles.